The van der Waals surface area contributed by atoms with E-state index in [1.807, 2.05) is 18.5 Å². The molecule has 6 nitrogen and oxygen atoms in total. The van der Waals surface area contributed by atoms with Crippen LogP contribution in [0.3, 0.4) is 0 Å². The average molecular weight is 463 g/mol. The molecule has 4 heterocycles. The Morgan fingerprint density at radius 1 is 0.528 bits per heavy atom. The van der Waals surface area contributed by atoms with E-state index in [2.05, 4.69) is 91.9 Å². The summed E-state index contributed by atoms with van der Waals surface area (Å²) in [6, 6.07) is 27.5. The van der Waals surface area contributed by atoms with Crippen LogP contribution in [-0.2, 0) is 0 Å². The van der Waals surface area contributed by atoms with Gasteiger partial charge in [0.15, 0.2) is 5.82 Å². The van der Waals surface area contributed by atoms with E-state index in [0.717, 1.165) is 66.0 Å². The molecule has 0 saturated carbocycles. The Kier molecular flexibility index (Phi) is 3.85. The summed E-state index contributed by atoms with van der Waals surface area (Å²) in [5.74, 6) is 0.770. The Bertz CT molecular complexity index is 1940. The van der Waals surface area contributed by atoms with Gasteiger partial charge in [0.05, 0.1) is 33.8 Å². The number of aromatic nitrogens is 6. The van der Waals surface area contributed by atoms with Gasteiger partial charge in [0.25, 0.3) is 0 Å². The van der Waals surface area contributed by atoms with Crippen LogP contribution in [0.5, 0.6) is 0 Å². The molecule has 0 N–H and O–H groups in total. The SMILES string of the molecule is c1ccc(-n2c3ccccc3c3c4ncncc4c4c5ccccc5n(-c5cnccn5)c4c32)cc1. The highest BCUT2D eigenvalue weighted by Gasteiger charge is 2.25. The molecular formula is C30H18N6. The molecule has 0 spiro atoms. The molecule has 0 aliphatic rings. The van der Waals surface area contributed by atoms with E-state index in [9.17, 15) is 0 Å². The first-order valence-electron chi connectivity index (χ1n) is 11.8. The van der Waals surface area contributed by atoms with E-state index >= 15 is 0 Å². The Morgan fingerprint density at radius 2 is 1.22 bits per heavy atom. The molecule has 0 fully saturated rings. The summed E-state index contributed by atoms with van der Waals surface area (Å²) in [6.07, 6.45) is 8.84. The number of rotatable bonds is 2. The highest BCUT2D eigenvalue weighted by atomic mass is 15.1. The predicted molar refractivity (Wildman–Crippen MR) is 144 cm³/mol. The topological polar surface area (TPSA) is 61.4 Å². The molecule has 8 aromatic rings. The highest BCUT2D eigenvalue weighted by molar-refractivity contribution is 6.35. The zero-order chi connectivity index (χ0) is 23.6. The summed E-state index contributed by atoms with van der Waals surface area (Å²) < 4.78 is 4.57. The van der Waals surface area contributed by atoms with Gasteiger partial charge in [0.2, 0.25) is 0 Å². The number of benzene rings is 4. The van der Waals surface area contributed by atoms with Crippen molar-refractivity contribution in [2.24, 2.45) is 0 Å². The maximum Gasteiger partial charge on any atom is 0.156 e. The van der Waals surface area contributed by atoms with Gasteiger partial charge in [-0.1, -0.05) is 54.6 Å². The molecular weight excluding hydrogens is 444 g/mol. The molecule has 0 atom stereocenters. The van der Waals surface area contributed by atoms with Gasteiger partial charge in [0.1, 0.15) is 6.33 Å². The summed E-state index contributed by atoms with van der Waals surface area (Å²) in [4.78, 5) is 18.4. The lowest BCUT2D eigenvalue weighted by atomic mass is 10.0. The van der Waals surface area contributed by atoms with Crippen molar-refractivity contribution in [3.63, 3.8) is 0 Å². The van der Waals surface area contributed by atoms with Crippen molar-refractivity contribution >= 4 is 54.5 Å². The Labute approximate surface area is 205 Å². The fourth-order valence-electron chi connectivity index (χ4n) is 5.64. The second kappa shape index (κ2) is 7.20. The Morgan fingerprint density at radius 3 is 2.00 bits per heavy atom. The molecule has 0 radical (unpaired) electrons. The quantitative estimate of drug-likeness (QED) is 0.290. The van der Waals surface area contributed by atoms with E-state index in [1.54, 1.807) is 18.7 Å². The number of hydrogen-bond acceptors (Lipinski definition) is 4. The minimum absolute atomic E-state index is 0.770. The van der Waals surface area contributed by atoms with Crippen LogP contribution in [0.4, 0.5) is 0 Å². The van der Waals surface area contributed by atoms with Crippen LogP contribution in [0.2, 0.25) is 0 Å². The lowest BCUT2D eigenvalue weighted by molar-refractivity contribution is 1.04. The molecule has 4 aromatic heterocycles. The molecule has 0 saturated heterocycles. The summed E-state index contributed by atoms with van der Waals surface area (Å²) >= 11 is 0. The molecule has 0 bridgehead atoms. The van der Waals surface area contributed by atoms with Gasteiger partial charge in [-0.05, 0) is 24.3 Å². The van der Waals surface area contributed by atoms with Gasteiger partial charge < -0.3 is 4.57 Å². The zero-order valence-electron chi connectivity index (χ0n) is 19.1. The first kappa shape index (κ1) is 19.2. The largest absolute Gasteiger partial charge is 0.307 e. The maximum atomic E-state index is 4.84. The molecule has 0 aliphatic heterocycles. The first-order chi connectivity index (χ1) is 17.9. The van der Waals surface area contributed by atoms with Crippen LogP contribution >= 0.6 is 0 Å². The molecule has 0 amide bonds. The van der Waals surface area contributed by atoms with Crippen molar-refractivity contribution in [3.8, 4) is 11.5 Å². The molecule has 0 aliphatic carbocycles. The number of fused-ring (bicyclic) bond motifs is 10. The molecule has 168 valence electrons. The minimum atomic E-state index is 0.770. The van der Waals surface area contributed by atoms with Crippen LogP contribution < -0.4 is 0 Å². The summed E-state index contributed by atoms with van der Waals surface area (Å²) in [5.41, 5.74) is 6.38. The minimum Gasteiger partial charge on any atom is -0.307 e. The van der Waals surface area contributed by atoms with Gasteiger partial charge in [-0.25, -0.2) is 15.0 Å². The second-order valence-electron chi connectivity index (χ2n) is 8.84. The van der Waals surface area contributed by atoms with Gasteiger partial charge in [0, 0.05) is 51.2 Å². The Balaban J connectivity index is 1.79. The van der Waals surface area contributed by atoms with Crippen molar-refractivity contribution in [2.75, 3.05) is 0 Å². The monoisotopic (exact) mass is 462 g/mol. The molecule has 6 heteroatoms. The van der Waals surface area contributed by atoms with Crippen LogP contribution in [0.25, 0.3) is 66.0 Å². The van der Waals surface area contributed by atoms with Crippen molar-refractivity contribution < 1.29 is 0 Å². The number of hydrogen-bond donors (Lipinski definition) is 0. The van der Waals surface area contributed by atoms with Crippen LogP contribution in [0.1, 0.15) is 0 Å². The normalized spacial score (nSPS) is 11.9. The first-order valence-corrected chi connectivity index (χ1v) is 11.8. The fourth-order valence-corrected chi connectivity index (χ4v) is 5.64. The van der Waals surface area contributed by atoms with Crippen LogP contribution in [-0.4, -0.2) is 29.1 Å². The molecule has 0 unspecified atom stereocenters. The summed E-state index contributed by atoms with van der Waals surface area (Å²) in [7, 11) is 0. The second-order valence-corrected chi connectivity index (χ2v) is 8.84. The van der Waals surface area contributed by atoms with Crippen molar-refractivity contribution in [2.45, 2.75) is 0 Å². The number of para-hydroxylation sites is 3. The number of nitrogens with zero attached hydrogens (tertiary/aromatic N) is 6. The van der Waals surface area contributed by atoms with E-state index < -0.39 is 0 Å². The lowest BCUT2D eigenvalue weighted by Crippen LogP contribution is -2.01. The van der Waals surface area contributed by atoms with Crippen LogP contribution in [0, 0.1) is 0 Å². The van der Waals surface area contributed by atoms with Gasteiger partial charge in [-0.15, -0.1) is 0 Å². The van der Waals surface area contributed by atoms with E-state index in [0.29, 0.717) is 0 Å². The van der Waals surface area contributed by atoms with Gasteiger partial charge in [-0.3, -0.25) is 9.55 Å². The molecule has 4 aromatic carbocycles. The van der Waals surface area contributed by atoms with Crippen molar-refractivity contribution in [1.29, 1.82) is 0 Å². The lowest BCUT2D eigenvalue weighted by Gasteiger charge is -2.12. The smallest absolute Gasteiger partial charge is 0.156 e. The third-order valence-corrected chi connectivity index (χ3v) is 6.99. The van der Waals surface area contributed by atoms with E-state index in [4.69, 9.17) is 9.97 Å². The third kappa shape index (κ3) is 2.45. The van der Waals surface area contributed by atoms with E-state index in [1.165, 1.54) is 0 Å². The predicted octanol–water partition coefficient (Wildman–Crippen LogP) is 6.61. The van der Waals surface area contributed by atoms with Gasteiger partial charge >= 0.3 is 0 Å². The maximum absolute atomic E-state index is 4.84. The summed E-state index contributed by atoms with van der Waals surface area (Å²) in [6.45, 7) is 0. The summed E-state index contributed by atoms with van der Waals surface area (Å²) in [5, 5.41) is 5.52. The zero-order valence-corrected chi connectivity index (χ0v) is 19.1. The molecule has 36 heavy (non-hydrogen) atoms. The Hall–Kier alpha value is -5.10. The molecule has 8 rings (SSSR count). The van der Waals surface area contributed by atoms with Crippen molar-refractivity contribution in [3.05, 3.63) is 110 Å². The van der Waals surface area contributed by atoms with Crippen LogP contribution in [0.15, 0.2) is 110 Å². The van der Waals surface area contributed by atoms with Crippen molar-refractivity contribution in [1.82, 2.24) is 29.1 Å². The van der Waals surface area contributed by atoms with Gasteiger partial charge in [-0.2, -0.15) is 0 Å². The van der Waals surface area contributed by atoms with E-state index in [-0.39, 0.29) is 0 Å². The standard InChI is InChI=1S/C30H18N6/c1-2-8-19(9-3-1)35-23-12-6-5-11-21(23)27-28-22(16-32-18-34-28)26-20-10-4-7-13-24(20)36(29(26)30(27)35)25-17-31-14-15-33-25/h1-18H. The highest BCUT2D eigenvalue weighted by Crippen LogP contribution is 2.45. The average Bonchev–Trinajstić information content (AvgIpc) is 3.48. The third-order valence-electron chi connectivity index (χ3n) is 6.99. The fraction of sp³-hybridized carbons (Fsp3) is 0.